The summed E-state index contributed by atoms with van der Waals surface area (Å²) in [4.78, 5) is 15.1. The van der Waals surface area contributed by atoms with Gasteiger partial charge in [-0.25, -0.2) is 0 Å². The van der Waals surface area contributed by atoms with Gasteiger partial charge in [0.05, 0.1) is 22.9 Å². The first-order valence-electron chi connectivity index (χ1n) is 8.86. The fourth-order valence-electron chi connectivity index (χ4n) is 3.53. The first kappa shape index (κ1) is 21.8. The van der Waals surface area contributed by atoms with Crippen LogP contribution in [0, 0.1) is 0 Å². The van der Waals surface area contributed by atoms with Crippen LogP contribution in [0.1, 0.15) is 35.2 Å². The molecule has 2 aliphatic rings. The molecule has 3 N–H and O–H groups in total. The Bertz CT molecular complexity index is 637. The number of hydrogen-bond acceptors (Lipinski definition) is 5. The fraction of sp³-hybridized carbons (Fsp3) is 0.611. The molecule has 0 bridgehead atoms. The van der Waals surface area contributed by atoms with Gasteiger partial charge in [-0.2, -0.15) is 0 Å². The zero-order chi connectivity index (χ0) is 17.8. The number of benzene rings is 1. The Morgan fingerprint density at radius 2 is 2.19 bits per heavy atom. The third kappa shape index (κ3) is 5.06. The number of halogens is 1. The van der Waals surface area contributed by atoms with Gasteiger partial charge in [-0.15, -0.1) is 0 Å². The summed E-state index contributed by atoms with van der Waals surface area (Å²) in [5.41, 5.74) is 7.86. The standard InChI is InChI=1S/C18H26ClN3O3.Na.H/c1-24-9-2-6-22-7-3-12(4-8-22)21-18(23)14-11-15(19)16(20)13-5-10-25-17(13)14;;/h11-12H,2-10,20H2,1H3,(H,21,23);;. The number of ether oxygens (including phenoxy) is 2. The van der Waals surface area contributed by atoms with Crippen molar-refractivity contribution >= 4 is 52.8 Å². The zero-order valence-electron chi connectivity index (χ0n) is 14.6. The summed E-state index contributed by atoms with van der Waals surface area (Å²) < 4.78 is 10.7. The molecule has 1 fully saturated rings. The van der Waals surface area contributed by atoms with Crippen LogP contribution < -0.4 is 15.8 Å². The Kier molecular flexibility index (Phi) is 8.51. The van der Waals surface area contributed by atoms with Crippen LogP contribution >= 0.6 is 11.6 Å². The van der Waals surface area contributed by atoms with Gasteiger partial charge in [0.2, 0.25) is 0 Å². The van der Waals surface area contributed by atoms with E-state index < -0.39 is 0 Å². The van der Waals surface area contributed by atoms with E-state index in [9.17, 15) is 4.79 Å². The van der Waals surface area contributed by atoms with Gasteiger partial charge in [-0.3, -0.25) is 4.79 Å². The van der Waals surface area contributed by atoms with Gasteiger partial charge >= 0.3 is 29.6 Å². The molecule has 0 aromatic heterocycles. The number of rotatable bonds is 6. The maximum absolute atomic E-state index is 12.7. The second kappa shape index (κ2) is 10.2. The van der Waals surface area contributed by atoms with Crippen molar-refractivity contribution in [2.75, 3.05) is 45.7 Å². The number of methoxy groups -OCH3 is 1. The minimum atomic E-state index is -0.127. The molecular weight excluding hydrogens is 365 g/mol. The van der Waals surface area contributed by atoms with Crippen LogP contribution in [0.5, 0.6) is 5.75 Å². The van der Waals surface area contributed by atoms with Gasteiger partial charge in [0.25, 0.3) is 5.91 Å². The number of likely N-dealkylation sites (tertiary alicyclic amines) is 1. The van der Waals surface area contributed by atoms with Gasteiger partial charge in [0.1, 0.15) is 5.75 Å². The third-order valence-corrected chi connectivity index (χ3v) is 5.27. The number of amides is 1. The number of nitrogens with one attached hydrogen (secondary N) is 1. The van der Waals surface area contributed by atoms with Gasteiger partial charge in [0, 0.05) is 51.4 Å². The van der Waals surface area contributed by atoms with E-state index in [0.29, 0.717) is 35.1 Å². The number of anilines is 1. The molecule has 140 valence electrons. The molecule has 0 atom stereocenters. The van der Waals surface area contributed by atoms with Crippen molar-refractivity contribution in [3.8, 4) is 5.75 Å². The van der Waals surface area contributed by atoms with Crippen molar-refractivity contribution in [2.45, 2.75) is 31.7 Å². The van der Waals surface area contributed by atoms with E-state index in [4.69, 9.17) is 26.8 Å². The van der Waals surface area contributed by atoms with Crippen molar-refractivity contribution in [1.82, 2.24) is 10.2 Å². The number of carbonyl (C=O) groups is 1. The second-order valence-corrected chi connectivity index (χ2v) is 7.07. The Hall–Kier alpha value is -0.500. The fourth-order valence-corrected chi connectivity index (χ4v) is 3.76. The van der Waals surface area contributed by atoms with Gasteiger partial charge in [-0.1, -0.05) is 11.6 Å². The molecule has 3 rings (SSSR count). The van der Waals surface area contributed by atoms with E-state index in [2.05, 4.69) is 10.2 Å². The quantitative estimate of drug-likeness (QED) is 0.436. The van der Waals surface area contributed by atoms with Crippen LogP contribution in [0.3, 0.4) is 0 Å². The molecule has 0 radical (unpaired) electrons. The Labute approximate surface area is 182 Å². The topological polar surface area (TPSA) is 76.8 Å². The molecule has 6 nitrogen and oxygen atoms in total. The van der Waals surface area contributed by atoms with Crippen LogP contribution in [0.2, 0.25) is 5.02 Å². The molecule has 1 aromatic rings. The Morgan fingerprint density at radius 1 is 1.46 bits per heavy atom. The average molecular weight is 392 g/mol. The summed E-state index contributed by atoms with van der Waals surface area (Å²) in [6.07, 6.45) is 3.64. The zero-order valence-corrected chi connectivity index (χ0v) is 15.4. The van der Waals surface area contributed by atoms with Crippen molar-refractivity contribution in [1.29, 1.82) is 0 Å². The molecule has 1 aromatic carbocycles. The first-order valence-corrected chi connectivity index (χ1v) is 9.23. The summed E-state index contributed by atoms with van der Waals surface area (Å²) in [6, 6.07) is 1.80. The van der Waals surface area contributed by atoms with E-state index in [-0.39, 0.29) is 41.5 Å². The third-order valence-electron chi connectivity index (χ3n) is 4.96. The van der Waals surface area contributed by atoms with E-state index in [1.807, 2.05) is 0 Å². The van der Waals surface area contributed by atoms with Crippen molar-refractivity contribution in [2.24, 2.45) is 0 Å². The molecule has 2 heterocycles. The summed E-state index contributed by atoms with van der Waals surface area (Å²) in [6.45, 7) is 4.36. The number of hydrogen-bond donors (Lipinski definition) is 2. The molecule has 26 heavy (non-hydrogen) atoms. The van der Waals surface area contributed by atoms with Crippen molar-refractivity contribution in [3.63, 3.8) is 0 Å². The van der Waals surface area contributed by atoms with Crippen molar-refractivity contribution in [3.05, 3.63) is 22.2 Å². The number of fused-ring (bicyclic) bond motifs is 1. The van der Waals surface area contributed by atoms with Gasteiger partial charge in [-0.05, 0) is 25.3 Å². The van der Waals surface area contributed by atoms with Crippen LogP contribution in [0.25, 0.3) is 0 Å². The summed E-state index contributed by atoms with van der Waals surface area (Å²) >= 11 is 6.19. The molecular formula is C18H27ClN3NaO3. The van der Waals surface area contributed by atoms with E-state index in [0.717, 1.165) is 51.1 Å². The number of nitrogen functional groups attached to an aromatic ring is 1. The molecule has 0 saturated carbocycles. The van der Waals surface area contributed by atoms with E-state index in [1.165, 1.54) is 0 Å². The summed E-state index contributed by atoms with van der Waals surface area (Å²) in [5.74, 6) is 0.467. The molecule has 2 aliphatic heterocycles. The van der Waals surface area contributed by atoms with Crippen LogP contribution in [0.15, 0.2) is 6.07 Å². The Balaban J connectivity index is 0.00000243. The molecule has 1 amide bonds. The van der Waals surface area contributed by atoms with Crippen LogP contribution in [-0.4, -0.2) is 86.4 Å². The first-order chi connectivity index (χ1) is 12.1. The van der Waals surface area contributed by atoms with E-state index >= 15 is 0 Å². The van der Waals surface area contributed by atoms with Crippen LogP contribution in [0.4, 0.5) is 5.69 Å². The normalized spacial score (nSPS) is 17.3. The predicted molar refractivity (Wildman–Crippen MR) is 106 cm³/mol. The van der Waals surface area contributed by atoms with Gasteiger partial charge < -0.3 is 25.4 Å². The second-order valence-electron chi connectivity index (χ2n) is 6.66. The number of nitrogens with two attached hydrogens (primary N) is 1. The average Bonchev–Trinajstić information content (AvgIpc) is 3.10. The monoisotopic (exact) mass is 391 g/mol. The van der Waals surface area contributed by atoms with Gasteiger partial charge in [0.15, 0.2) is 0 Å². The van der Waals surface area contributed by atoms with E-state index in [1.54, 1.807) is 13.2 Å². The maximum atomic E-state index is 12.7. The molecule has 1 saturated heterocycles. The molecule has 0 unspecified atom stereocenters. The molecule has 0 aliphatic carbocycles. The predicted octanol–water partition coefficient (Wildman–Crippen LogP) is 1.44. The number of piperidine rings is 1. The molecule has 0 spiro atoms. The summed E-state index contributed by atoms with van der Waals surface area (Å²) in [7, 11) is 1.73. The van der Waals surface area contributed by atoms with Crippen LogP contribution in [-0.2, 0) is 11.2 Å². The number of carbonyl (C=O) groups excluding carboxylic acids is 1. The minimum absolute atomic E-state index is 0. The Morgan fingerprint density at radius 3 is 2.88 bits per heavy atom. The molecule has 8 heteroatoms. The summed E-state index contributed by atoms with van der Waals surface area (Å²) in [5, 5.41) is 3.55. The SMILES string of the molecule is COCCCN1CCC(NC(=O)c2cc(Cl)c(N)c3c2OCC3)CC1.[NaH]. The number of nitrogens with zero attached hydrogens (tertiary/aromatic N) is 1. The van der Waals surface area contributed by atoms with Crippen molar-refractivity contribution < 1.29 is 14.3 Å².